The number of nitrogens with zero attached hydrogens (tertiary/aromatic N) is 4. The number of imidazole rings is 1. The number of hydrogen-bond acceptors (Lipinski definition) is 4. The first-order valence-corrected chi connectivity index (χ1v) is 12.5. The fourth-order valence-corrected chi connectivity index (χ4v) is 5.26. The van der Waals surface area contributed by atoms with Gasteiger partial charge >= 0.3 is 5.69 Å². The Kier molecular flexibility index (Phi) is 6.82. The molecular weight excluding hydrogens is 487 g/mol. The molecule has 0 radical (unpaired) electrons. The fraction of sp³-hybridized carbons (Fsp3) is 0.346. The van der Waals surface area contributed by atoms with E-state index < -0.39 is 5.56 Å². The van der Waals surface area contributed by atoms with Crippen LogP contribution in [0, 0.1) is 0 Å². The molecular formula is C26H26Cl2N4O3. The van der Waals surface area contributed by atoms with Crippen molar-refractivity contribution in [1.29, 1.82) is 0 Å². The van der Waals surface area contributed by atoms with E-state index in [1.807, 2.05) is 30.3 Å². The summed E-state index contributed by atoms with van der Waals surface area (Å²) in [6.45, 7) is 0.405. The summed E-state index contributed by atoms with van der Waals surface area (Å²) < 4.78 is 9.99. The highest BCUT2D eigenvalue weighted by molar-refractivity contribution is 6.33. The smallest absolute Gasteiger partial charge is 0.333 e. The number of aromatic nitrogens is 4. The zero-order chi connectivity index (χ0) is 24.5. The van der Waals surface area contributed by atoms with Crippen molar-refractivity contribution >= 4 is 34.4 Å². The van der Waals surface area contributed by atoms with Crippen LogP contribution >= 0.6 is 23.2 Å². The molecule has 2 aromatic carbocycles. The van der Waals surface area contributed by atoms with E-state index in [0.717, 1.165) is 32.1 Å². The average molecular weight is 513 g/mol. The van der Waals surface area contributed by atoms with Crippen LogP contribution in [-0.4, -0.2) is 32.4 Å². The van der Waals surface area contributed by atoms with Crippen LogP contribution in [0.1, 0.15) is 38.1 Å². The Hall–Kier alpha value is -2.87. The Bertz CT molecular complexity index is 1480. The van der Waals surface area contributed by atoms with Crippen LogP contribution in [0.25, 0.3) is 28.2 Å². The molecule has 1 fully saturated rings. The molecule has 2 aromatic heterocycles. The van der Waals surface area contributed by atoms with Gasteiger partial charge in [-0.3, -0.25) is 18.5 Å². The summed E-state index contributed by atoms with van der Waals surface area (Å²) in [5, 5.41) is 1.08. The Morgan fingerprint density at radius 3 is 2.40 bits per heavy atom. The van der Waals surface area contributed by atoms with Gasteiger partial charge in [0.05, 0.1) is 18.2 Å². The number of fused-ring (bicyclic) bond motifs is 1. The molecule has 1 saturated carbocycles. The third-order valence-corrected chi connectivity index (χ3v) is 7.21. The van der Waals surface area contributed by atoms with E-state index in [1.54, 1.807) is 34.4 Å². The van der Waals surface area contributed by atoms with Crippen molar-refractivity contribution in [3.05, 3.63) is 79.4 Å². The van der Waals surface area contributed by atoms with Gasteiger partial charge in [-0.15, -0.1) is 0 Å². The summed E-state index contributed by atoms with van der Waals surface area (Å²) in [5.74, 6) is 0.499. The monoisotopic (exact) mass is 512 g/mol. The Labute approximate surface area is 212 Å². The summed E-state index contributed by atoms with van der Waals surface area (Å²) in [5.41, 5.74) is 1.34. The highest BCUT2D eigenvalue weighted by Crippen LogP contribution is 2.34. The van der Waals surface area contributed by atoms with E-state index in [4.69, 9.17) is 32.9 Å². The van der Waals surface area contributed by atoms with E-state index in [9.17, 15) is 9.59 Å². The van der Waals surface area contributed by atoms with Crippen LogP contribution in [0.3, 0.4) is 0 Å². The first-order chi connectivity index (χ1) is 17.0. The molecule has 0 atom stereocenters. The third kappa shape index (κ3) is 4.33. The standard InChI is InChI=1S/C26H26Cl2N4O3/c1-35-16-15-30-25(33)22-24(32(26(30)34)18-7-3-2-4-8-18)29-23(20-9-5-6-10-21(20)28)31(22)19-13-11-17(27)12-14-19/h5-6,9-14,18H,2-4,7-8,15-16H2,1H3. The largest absolute Gasteiger partial charge is 0.383 e. The summed E-state index contributed by atoms with van der Waals surface area (Å²) in [4.78, 5) is 32.5. The average Bonchev–Trinajstić information content (AvgIpc) is 3.25. The summed E-state index contributed by atoms with van der Waals surface area (Å²) in [6, 6.07) is 14.5. The lowest BCUT2D eigenvalue weighted by Crippen LogP contribution is -2.43. The maximum Gasteiger partial charge on any atom is 0.333 e. The number of rotatable bonds is 6. The van der Waals surface area contributed by atoms with Crippen LogP contribution < -0.4 is 11.2 Å². The SMILES string of the molecule is COCCn1c(=O)c2c(nc(-c3ccccc3Cl)n2-c2ccc(Cl)cc2)n(C2CCCCC2)c1=O. The molecule has 0 bridgehead atoms. The lowest BCUT2D eigenvalue weighted by molar-refractivity contribution is 0.183. The predicted octanol–water partition coefficient (Wildman–Crippen LogP) is 5.47. The van der Waals surface area contributed by atoms with Crippen molar-refractivity contribution in [2.45, 2.75) is 44.7 Å². The van der Waals surface area contributed by atoms with Crippen LogP contribution in [0.2, 0.25) is 10.0 Å². The Morgan fingerprint density at radius 1 is 1.00 bits per heavy atom. The number of methoxy groups -OCH3 is 1. The van der Waals surface area contributed by atoms with Gasteiger partial charge in [0, 0.05) is 29.4 Å². The van der Waals surface area contributed by atoms with E-state index in [1.165, 1.54) is 4.57 Å². The van der Waals surface area contributed by atoms with Gasteiger partial charge in [-0.1, -0.05) is 54.6 Å². The van der Waals surface area contributed by atoms with E-state index in [0.29, 0.717) is 38.3 Å². The minimum Gasteiger partial charge on any atom is -0.383 e. The first kappa shape index (κ1) is 23.9. The molecule has 182 valence electrons. The molecule has 4 aromatic rings. The molecule has 0 N–H and O–H groups in total. The Morgan fingerprint density at radius 2 is 1.71 bits per heavy atom. The van der Waals surface area contributed by atoms with Gasteiger partial charge < -0.3 is 4.74 Å². The fourth-order valence-electron chi connectivity index (χ4n) is 4.92. The van der Waals surface area contributed by atoms with Crippen LogP contribution in [-0.2, 0) is 11.3 Å². The molecule has 0 unspecified atom stereocenters. The summed E-state index contributed by atoms with van der Waals surface area (Å²) in [7, 11) is 1.55. The number of hydrogen-bond donors (Lipinski definition) is 0. The lowest BCUT2D eigenvalue weighted by atomic mass is 9.95. The zero-order valence-electron chi connectivity index (χ0n) is 19.4. The van der Waals surface area contributed by atoms with Gasteiger partial charge in [-0.05, 0) is 49.2 Å². The van der Waals surface area contributed by atoms with Crippen molar-refractivity contribution in [1.82, 2.24) is 18.7 Å². The molecule has 1 aliphatic rings. The minimum absolute atomic E-state index is 0.0270. The molecule has 0 amide bonds. The number of halogens is 2. The van der Waals surface area contributed by atoms with Crippen molar-refractivity contribution in [2.24, 2.45) is 0 Å². The van der Waals surface area contributed by atoms with Gasteiger partial charge in [0.25, 0.3) is 5.56 Å². The normalized spacial score (nSPS) is 14.6. The van der Waals surface area contributed by atoms with Crippen molar-refractivity contribution < 1.29 is 4.74 Å². The first-order valence-electron chi connectivity index (χ1n) is 11.8. The second-order valence-corrected chi connectivity index (χ2v) is 9.64. The van der Waals surface area contributed by atoms with E-state index >= 15 is 0 Å². The van der Waals surface area contributed by atoms with Gasteiger partial charge in [0.2, 0.25) is 0 Å². The number of ether oxygens (including phenoxy) is 1. The zero-order valence-corrected chi connectivity index (χ0v) is 20.9. The molecule has 2 heterocycles. The molecule has 9 heteroatoms. The second-order valence-electron chi connectivity index (χ2n) is 8.79. The quantitative estimate of drug-likeness (QED) is 0.343. The van der Waals surface area contributed by atoms with Gasteiger partial charge in [-0.2, -0.15) is 0 Å². The molecule has 35 heavy (non-hydrogen) atoms. The Balaban J connectivity index is 1.92. The van der Waals surface area contributed by atoms with Crippen molar-refractivity contribution in [2.75, 3.05) is 13.7 Å². The maximum atomic E-state index is 13.9. The highest BCUT2D eigenvalue weighted by atomic mass is 35.5. The van der Waals surface area contributed by atoms with Gasteiger partial charge in [-0.25, -0.2) is 9.78 Å². The van der Waals surface area contributed by atoms with Gasteiger partial charge in [0.1, 0.15) is 5.82 Å². The lowest BCUT2D eigenvalue weighted by Gasteiger charge is -2.25. The summed E-state index contributed by atoms with van der Waals surface area (Å²) >= 11 is 12.8. The summed E-state index contributed by atoms with van der Waals surface area (Å²) in [6.07, 6.45) is 4.94. The highest BCUT2D eigenvalue weighted by Gasteiger charge is 2.28. The van der Waals surface area contributed by atoms with Gasteiger partial charge in [0.15, 0.2) is 11.2 Å². The molecule has 0 saturated heterocycles. The topological polar surface area (TPSA) is 71.1 Å². The second kappa shape index (κ2) is 10.0. The molecule has 0 aliphatic heterocycles. The molecule has 7 nitrogen and oxygen atoms in total. The van der Waals surface area contributed by atoms with E-state index in [2.05, 4.69) is 0 Å². The van der Waals surface area contributed by atoms with E-state index in [-0.39, 0.29) is 24.9 Å². The maximum absolute atomic E-state index is 13.9. The molecule has 0 spiro atoms. The third-order valence-electron chi connectivity index (χ3n) is 6.63. The molecule has 1 aliphatic carbocycles. The van der Waals surface area contributed by atoms with Crippen molar-refractivity contribution in [3.8, 4) is 17.1 Å². The number of benzene rings is 2. The van der Waals surface area contributed by atoms with Crippen molar-refractivity contribution in [3.63, 3.8) is 0 Å². The predicted molar refractivity (Wildman–Crippen MR) is 139 cm³/mol. The van der Waals surface area contributed by atoms with Crippen LogP contribution in [0.15, 0.2) is 58.1 Å². The molecule has 5 rings (SSSR count). The minimum atomic E-state index is -0.408. The van der Waals surface area contributed by atoms with Crippen LogP contribution in [0.5, 0.6) is 0 Å². The van der Waals surface area contributed by atoms with Crippen LogP contribution in [0.4, 0.5) is 0 Å².